The molecule has 3 N–H and O–H groups in total. The molecule has 0 fully saturated rings. The van der Waals surface area contributed by atoms with Gasteiger partial charge in [-0.2, -0.15) is 0 Å². The van der Waals surface area contributed by atoms with Crippen molar-refractivity contribution in [2.45, 2.75) is 12.5 Å². The second kappa shape index (κ2) is 4.97. The predicted octanol–water partition coefficient (Wildman–Crippen LogP) is 2.12. The normalized spacial score (nSPS) is 13.2. The molecule has 0 aromatic carbocycles. The molecule has 0 amide bonds. The van der Waals surface area contributed by atoms with Crippen molar-refractivity contribution in [3.05, 3.63) is 20.8 Å². The quantitative estimate of drug-likeness (QED) is 0.857. The number of thiophene rings is 1. The molecule has 12 heavy (non-hydrogen) atoms. The summed E-state index contributed by atoms with van der Waals surface area (Å²) in [6, 6.07) is 4.61. The Morgan fingerprint density at radius 3 is 2.83 bits per heavy atom. The van der Waals surface area contributed by atoms with E-state index in [9.17, 15) is 0 Å². The maximum atomic E-state index is 5.50. The number of nitrogens with two attached hydrogens (primary N) is 1. The Labute approximate surface area is 85.3 Å². The Morgan fingerprint density at radius 1 is 1.67 bits per heavy atom. The molecule has 0 saturated heterocycles. The second-order valence-electron chi connectivity index (χ2n) is 2.56. The van der Waals surface area contributed by atoms with Gasteiger partial charge in [-0.15, -0.1) is 11.3 Å². The molecule has 1 atom stereocenters. The van der Waals surface area contributed by atoms with Crippen LogP contribution in [-0.4, -0.2) is 13.6 Å². The summed E-state index contributed by atoms with van der Waals surface area (Å²) in [6.45, 7) is 0.723. The van der Waals surface area contributed by atoms with Gasteiger partial charge in [0, 0.05) is 10.9 Å². The van der Waals surface area contributed by atoms with Crippen LogP contribution in [0.5, 0.6) is 0 Å². The van der Waals surface area contributed by atoms with Crippen LogP contribution in [-0.2, 0) is 0 Å². The second-order valence-corrected chi connectivity index (χ2v) is 5.06. The third-order valence-corrected chi connectivity index (χ3v) is 3.48. The van der Waals surface area contributed by atoms with Crippen molar-refractivity contribution in [3.8, 4) is 0 Å². The van der Waals surface area contributed by atoms with Gasteiger partial charge in [-0.3, -0.25) is 0 Å². The first-order chi connectivity index (χ1) is 5.77. The summed E-state index contributed by atoms with van der Waals surface area (Å²) in [5.74, 6) is 0. The van der Waals surface area contributed by atoms with Crippen LogP contribution in [0.4, 0.5) is 0 Å². The van der Waals surface area contributed by atoms with Gasteiger partial charge in [0.2, 0.25) is 0 Å². The summed E-state index contributed by atoms with van der Waals surface area (Å²) >= 11 is 5.20. The van der Waals surface area contributed by atoms with Crippen molar-refractivity contribution in [2.75, 3.05) is 13.6 Å². The Balaban J connectivity index is 2.66. The zero-order valence-corrected chi connectivity index (χ0v) is 9.41. The van der Waals surface area contributed by atoms with Crippen LogP contribution < -0.4 is 11.1 Å². The fourth-order valence-electron chi connectivity index (χ4n) is 1.11. The fourth-order valence-corrected chi connectivity index (χ4v) is 2.68. The minimum atomic E-state index is 0.409. The van der Waals surface area contributed by atoms with Crippen LogP contribution in [0.2, 0.25) is 0 Å². The Bertz CT molecular complexity index is 237. The van der Waals surface area contributed by atoms with E-state index in [4.69, 9.17) is 5.73 Å². The maximum Gasteiger partial charge on any atom is 0.0701 e. The third-order valence-electron chi connectivity index (χ3n) is 1.74. The first kappa shape index (κ1) is 10.2. The molecule has 0 radical (unpaired) electrons. The average molecular weight is 249 g/mol. The first-order valence-corrected chi connectivity index (χ1v) is 5.51. The topological polar surface area (TPSA) is 38.0 Å². The zero-order chi connectivity index (χ0) is 8.97. The molecule has 1 aromatic rings. The van der Waals surface area contributed by atoms with E-state index in [2.05, 4.69) is 33.4 Å². The van der Waals surface area contributed by atoms with Crippen molar-refractivity contribution in [2.24, 2.45) is 5.73 Å². The van der Waals surface area contributed by atoms with Crippen LogP contribution >= 0.6 is 27.3 Å². The highest BCUT2D eigenvalue weighted by Gasteiger charge is 2.09. The molecule has 2 nitrogen and oxygen atoms in total. The lowest BCUT2D eigenvalue weighted by Crippen LogP contribution is -2.18. The zero-order valence-electron chi connectivity index (χ0n) is 7.01. The maximum absolute atomic E-state index is 5.50. The molecule has 0 aliphatic heterocycles. The molecule has 0 aliphatic carbocycles. The average Bonchev–Trinajstić information content (AvgIpc) is 2.47. The summed E-state index contributed by atoms with van der Waals surface area (Å²) in [4.78, 5) is 1.34. The molecule has 0 spiro atoms. The first-order valence-electron chi connectivity index (χ1n) is 3.90. The number of nitrogens with one attached hydrogen (secondary N) is 1. The van der Waals surface area contributed by atoms with E-state index in [1.54, 1.807) is 11.3 Å². The minimum absolute atomic E-state index is 0.409. The molecule has 1 aromatic heterocycles. The van der Waals surface area contributed by atoms with Crippen LogP contribution in [0.3, 0.4) is 0 Å². The molecular formula is C8H13BrN2S. The number of halogens is 1. The van der Waals surface area contributed by atoms with E-state index in [-0.39, 0.29) is 0 Å². The van der Waals surface area contributed by atoms with Gasteiger partial charge in [-0.05, 0) is 48.1 Å². The van der Waals surface area contributed by atoms with Gasteiger partial charge >= 0.3 is 0 Å². The molecule has 1 rings (SSSR count). The predicted molar refractivity (Wildman–Crippen MR) is 57.5 cm³/mol. The molecule has 4 heteroatoms. The smallest absolute Gasteiger partial charge is 0.0701 e. The highest BCUT2D eigenvalue weighted by atomic mass is 79.9. The van der Waals surface area contributed by atoms with Gasteiger partial charge in [0.15, 0.2) is 0 Å². The van der Waals surface area contributed by atoms with Crippen LogP contribution in [0.1, 0.15) is 17.3 Å². The monoisotopic (exact) mass is 248 g/mol. The molecule has 0 aliphatic rings. The van der Waals surface area contributed by atoms with E-state index in [1.807, 2.05) is 7.05 Å². The van der Waals surface area contributed by atoms with E-state index in [1.165, 1.54) is 8.66 Å². The highest BCUT2D eigenvalue weighted by molar-refractivity contribution is 9.11. The summed E-state index contributed by atoms with van der Waals surface area (Å²) in [6.07, 6.45) is 0.990. The summed E-state index contributed by atoms with van der Waals surface area (Å²) in [7, 11) is 1.97. The third kappa shape index (κ3) is 2.55. The largest absolute Gasteiger partial charge is 0.330 e. The van der Waals surface area contributed by atoms with Crippen molar-refractivity contribution in [3.63, 3.8) is 0 Å². The van der Waals surface area contributed by atoms with Crippen molar-refractivity contribution < 1.29 is 0 Å². The molecule has 68 valence electrons. The Kier molecular flexibility index (Phi) is 4.21. The fraction of sp³-hybridized carbons (Fsp3) is 0.500. The summed E-state index contributed by atoms with van der Waals surface area (Å²) < 4.78 is 1.18. The van der Waals surface area contributed by atoms with Gasteiger partial charge in [-0.25, -0.2) is 0 Å². The molecular weight excluding hydrogens is 236 g/mol. The van der Waals surface area contributed by atoms with Crippen LogP contribution in [0.15, 0.2) is 15.9 Å². The van der Waals surface area contributed by atoms with Crippen LogP contribution in [0, 0.1) is 0 Å². The minimum Gasteiger partial charge on any atom is -0.330 e. The van der Waals surface area contributed by atoms with E-state index >= 15 is 0 Å². The Hall–Kier alpha value is 0.1000. The van der Waals surface area contributed by atoms with Crippen molar-refractivity contribution in [1.29, 1.82) is 0 Å². The van der Waals surface area contributed by atoms with Gasteiger partial charge in [0.1, 0.15) is 0 Å². The van der Waals surface area contributed by atoms with Gasteiger partial charge in [0.25, 0.3) is 0 Å². The van der Waals surface area contributed by atoms with Gasteiger partial charge in [0.05, 0.1) is 3.79 Å². The highest BCUT2D eigenvalue weighted by Crippen LogP contribution is 2.28. The van der Waals surface area contributed by atoms with E-state index < -0.39 is 0 Å². The van der Waals surface area contributed by atoms with Gasteiger partial charge < -0.3 is 11.1 Å². The van der Waals surface area contributed by atoms with Crippen molar-refractivity contribution >= 4 is 27.3 Å². The lowest BCUT2D eigenvalue weighted by atomic mass is 10.2. The SMILES string of the molecule is CNC(CCN)c1ccc(Br)s1. The molecule has 0 saturated carbocycles. The number of rotatable bonds is 4. The standard InChI is InChI=1S/C8H13BrN2S/c1-11-6(4-5-10)7-2-3-8(9)12-7/h2-3,6,11H,4-5,10H2,1H3. The van der Waals surface area contributed by atoms with E-state index in [0.717, 1.165) is 13.0 Å². The van der Waals surface area contributed by atoms with Crippen LogP contribution in [0.25, 0.3) is 0 Å². The summed E-state index contributed by atoms with van der Waals surface area (Å²) in [5, 5.41) is 3.24. The molecule has 1 unspecified atom stereocenters. The summed E-state index contributed by atoms with van der Waals surface area (Å²) in [5.41, 5.74) is 5.50. The van der Waals surface area contributed by atoms with Gasteiger partial charge in [-0.1, -0.05) is 0 Å². The Morgan fingerprint density at radius 2 is 2.42 bits per heavy atom. The van der Waals surface area contributed by atoms with E-state index in [0.29, 0.717) is 6.04 Å². The number of hydrogen-bond acceptors (Lipinski definition) is 3. The number of hydrogen-bond donors (Lipinski definition) is 2. The lowest BCUT2D eigenvalue weighted by Gasteiger charge is -2.12. The van der Waals surface area contributed by atoms with Crippen molar-refractivity contribution in [1.82, 2.24) is 5.32 Å². The molecule has 1 heterocycles. The molecule has 0 bridgehead atoms. The lowest BCUT2D eigenvalue weighted by molar-refractivity contribution is 0.565.